The van der Waals surface area contributed by atoms with Gasteiger partial charge >= 0.3 is 12.6 Å². The summed E-state index contributed by atoms with van der Waals surface area (Å²) >= 11 is 5.87. The third kappa shape index (κ3) is 5.20. The second-order valence-corrected chi connectivity index (χ2v) is 6.94. The van der Waals surface area contributed by atoms with E-state index in [0.29, 0.717) is 22.4 Å². The molecule has 0 bridgehead atoms. The summed E-state index contributed by atoms with van der Waals surface area (Å²) in [7, 11) is 2.99. The maximum atomic E-state index is 12.5. The van der Waals surface area contributed by atoms with Crippen molar-refractivity contribution in [1.82, 2.24) is 4.98 Å². The summed E-state index contributed by atoms with van der Waals surface area (Å²) in [5.41, 5.74) is 0.896. The number of fused-ring (bicyclic) bond motifs is 1. The monoisotopic (exact) mass is 468 g/mol. The smallest absolute Gasteiger partial charge is 0.387 e. The van der Waals surface area contributed by atoms with Gasteiger partial charge in [0.1, 0.15) is 22.9 Å². The lowest BCUT2D eigenvalue weighted by atomic mass is 10.2. The zero-order valence-corrected chi connectivity index (χ0v) is 18.0. The number of aromatic nitrogens is 1. The van der Waals surface area contributed by atoms with Crippen molar-refractivity contribution in [3.8, 4) is 17.2 Å². The summed E-state index contributed by atoms with van der Waals surface area (Å²) in [5.74, 6) is -0.620. The Balaban J connectivity index is 1.69. The SMILES string of the molecule is COc1cc(OC)c2[nH]c(C(=O)O[C@@H](C)C(=O)Nc3ccc(OC(F)F)c(Cl)c3)cc2c1. The Morgan fingerprint density at radius 2 is 1.81 bits per heavy atom. The summed E-state index contributed by atoms with van der Waals surface area (Å²) in [6.07, 6.45) is -1.17. The highest BCUT2D eigenvalue weighted by molar-refractivity contribution is 6.32. The molecule has 0 saturated carbocycles. The van der Waals surface area contributed by atoms with Gasteiger partial charge in [0.05, 0.1) is 24.8 Å². The van der Waals surface area contributed by atoms with Crippen molar-refractivity contribution in [2.75, 3.05) is 19.5 Å². The number of esters is 1. The highest BCUT2D eigenvalue weighted by atomic mass is 35.5. The molecule has 1 heterocycles. The number of benzene rings is 2. The third-order valence-corrected chi connectivity index (χ3v) is 4.71. The molecule has 3 aromatic rings. The molecule has 1 amide bonds. The van der Waals surface area contributed by atoms with Gasteiger partial charge < -0.3 is 29.2 Å². The highest BCUT2D eigenvalue weighted by Gasteiger charge is 2.22. The predicted molar refractivity (Wildman–Crippen MR) is 113 cm³/mol. The number of hydrogen-bond acceptors (Lipinski definition) is 6. The molecule has 0 unspecified atom stereocenters. The van der Waals surface area contributed by atoms with Crippen molar-refractivity contribution in [2.24, 2.45) is 0 Å². The predicted octanol–water partition coefficient (Wildman–Crippen LogP) is 4.62. The van der Waals surface area contributed by atoms with Crippen LogP contribution in [0.1, 0.15) is 17.4 Å². The minimum absolute atomic E-state index is 0.114. The topological polar surface area (TPSA) is 98.9 Å². The van der Waals surface area contributed by atoms with E-state index in [1.807, 2.05) is 0 Å². The van der Waals surface area contributed by atoms with Crippen LogP contribution < -0.4 is 19.5 Å². The van der Waals surface area contributed by atoms with Crippen LogP contribution in [0.25, 0.3) is 10.9 Å². The quantitative estimate of drug-likeness (QED) is 0.468. The molecule has 170 valence electrons. The molecule has 1 aromatic heterocycles. The van der Waals surface area contributed by atoms with Crippen LogP contribution in [0.4, 0.5) is 14.5 Å². The van der Waals surface area contributed by atoms with Crippen LogP contribution in [0, 0.1) is 0 Å². The number of amides is 1. The normalized spacial score (nSPS) is 11.8. The molecule has 3 rings (SSSR count). The summed E-state index contributed by atoms with van der Waals surface area (Å²) in [5, 5.41) is 3.03. The van der Waals surface area contributed by atoms with Crippen molar-refractivity contribution in [1.29, 1.82) is 0 Å². The number of rotatable bonds is 8. The molecule has 0 saturated heterocycles. The second kappa shape index (κ2) is 9.73. The molecule has 2 N–H and O–H groups in total. The molecular weight excluding hydrogens is 450 g/mol. The van der Waals surface area contributed by atoms with Gasteiger partial charge in [-0.2, -0.15) is 8.78 Å². The first kappa shape index (κ1) is 23.1. The molecule has 0 fully saturated rings. The number of carbonyl (C=O) groups is 2. The number of H-pyrrole nitrogens is 1. The Bertz CT molecular complexity index is 1150. The molecule has 8 nitrogen and oxygen atoms in total. The second-order valence-electron chi connectivity index (χ2n) is 6.54. The Morgan fingerprint density at radius 3 is 2.44 bits per heavy atom. The van der Waals surface area contributed by atoms with Gasteiger partial charge in [0, 0.05) is 17.1 Å². The largest absolute Gasteiger partial charge is 0.497 e. The molecule has 1 atom stereocenters. The number of aromatic amines is 1. The number of nitrogens with one attached hydrogen (secondary N) is 2. The Hall–Kier alpha value is -3.53. The molecule has 0 aliphatic rings. The first-order valence-corrected chi connectivity index (χ1v) is 9.60. The van der Waals surface area contributed by atoms with E-state index in [1.165, 1.54) is 39.3 Å². The van der Waals surface area contributed by atoms with E-state index < -0.39 is 24.6 Å². The lowest BCUT2D eigenvalue weighted by Crippen LogP contribution is -2.30. The van der Waals surface area contributed by atoms with Crippen LogP contribution in [0.15, 0.2) is 36.4 Å². The van der Waals surface area contributed by atoms with Gasteiger partial charge in [0.25, 0.3) is 5.91 Å². The zero-order valence-electron chi connectivity index (χ0n) is 17.2. The average molecular weight is 469 g/mol. The fraction of sp³-hybridized carbons (Fsp3) is 0.238. The van der Waals surface area contributed by atoms with E-state index in [0.717, 1.165) is 0 Å². The van der Waals surface area contributed by atoms with Crippen molar-refractivity contribution in [3.63, 3.8) is 0 Å². The molecule has 2 aromatic carbocycles. The highest BCUT2D eigenvalue weighted by Crippen LogP contribution is 2.32. The maximum Gasteiger partial charge on any atom is 0.387 e. The first-order valence-electron chi connectivity index (χ1n) is 9.22. The van der Waals surface area contributed by atoms with Crippen molar-refractivity contribution in [3.05, 3.63) is 47.1 Å². The molecule has 0 aliphatic heterocycles. The van der Waals surface area contributed by atoms with Crippen molar-refractivity contribution >= 4 is 40.1 Å². The molecule has 0 aliphatic carbocycles. The number of halogens is 3. The van der Waals surface area contributed by atoms with E-state index in [4.69, 9.17) is 25.8 Å². The van der Waals surface area contributed by atoms with E-state index in [1.54, 1.807) is 18.2 Å². The van der Waals surface area contributed by atoms with Crippen LogP contribution in [0.5, 0.6) is 17.2 Å². The summed E-state index contributed by atoms with van der Waals surface area (Å²) in [4.78, 5) is 27.8. The molecule has 0 spiro atoms. The van der Waals surface area contributed by atoms with E-state index >= 15 is 0 Å². The fourth-order valence-electron chi connectivity index (χ4n) is 2.86. The number of ether oxygens (including phenoxy) is 4. The summed E-state index contributed by atoms with van der Waals surface area (Å²) in [6, 6.07) is 8.68. The number of anilines is 1. The molecule has 0 radical (unpaired) electrons. The number of hydrogen-bond donors (Lipinski definition) is 2. The average Bonchev–Trinajstić information content (AvgIpc) is 3.19. The van der Waals surface area contributed by atoms with Gasteiger partial charge in [-0.05, 0) is 37.3 Å². The van der Waals surface area contributed by atoms with Crippen LogP contribution >= 0.6 is 11.6 Å². The van der Waals surface area contributed by atoms with Gasteiger partial charge in [-0.25, -0.2) is 4.79 Å². The molecule has 32 heavy (non-hydrogen) atoms. The number of alkyl halides is 2. The van der Waals surface area contributed by atoms with Gasteiger partial charge in [0.2, 0.25) is 0 Å². The van der Waals surface area contributed by atoms with E-state index in [2.05, 4.69) is 15.0 Å². The van der Waals surface area contributed by atoms with E-state index in [9.17, 15) is 18.4 Å². The number of methoxy groups -OCH3 is 2. The van der Waals surface area contributed by atoms with Gasteiger partial charge in [-0.1, -0.05) is 11.6 Å². The first-order chi connectivity index (χ1) is 15.2. The van der Waals surface area contributed by atoms with Gasteiger partial charge in [-0.3, -0.25) is 4.79 Å². The van der Waals surface area contributed by atoms with Gasteiger partial charge in [-0.15, -0.1) is 0 Å². The summed E-state index contributed by atoms with van der Waals surface area (Å²) in [6.45, 7) is -1.65. The third-order valence-electron chi connectivity index (χ3n) is 4.41. The Kier molecular flexibility index (Phi) is 7.04. The Labute approximate surface area is 186 Å². The van der Waals surface area contributed by atoms with Crippen LogP contribution in [-0.4, -0.2) is 43.8 Å². The minimum Gasteiger partial charge on any atom is -0.497 e. The van der Waals surface area contributed by atoms with Crippen LogP contribution in [0.3, 0.4) is 0 Å². The zero-order chi connectivity index (χ0) is 23.4. The Morgan fingerprint density at radius 1 is 1.06 bits per heavy atom. The summed E-state index contributed by atoms with van der Waals surface area (Å²) < 4.78 is 44.6. The lowest BCUT2D eigenvalue weighted by Gasteiger charge is -2.14. The standard InChI is InChI=1S/C21H19ClF2N2O6/c1-10(19(27)25-12-4-5-16(14(22)8-12)32-21(23)24)31-20(28)15-7-11-6-13(29-2)9-17(30-3)18(11)26-15/h4-10,21,26H,1-3H3,(H,25,27)/t10-/m0/s1. The van der Waals surface area contributed by atoms with Crippen LogP contribution in [0.2, 0.25) is 5.02 Å². The molecular formula is C21H19ClF2N2O6. The lowest BCUT2D eigenvalue weighted by molar-refractivity contribution is -0.123. The van der Waals surface area contributed by atoms with Crippen molar-refractivity contribution < 1.29 is 37.3 Å². The van der Waals surface area contributed by atoms with Crippen LogP contribution in [-0.2, 0) is 9.53 Å². The van der Waals surface area contributed by atoms with E-state index in [-0.39, 0.29) is 22.2 Å². The maximum absolute atomic E-state index is 12.5. The molecule has 11 heteroatoms. The fourth-order valence-corrected chi connectivity index (χ4v) is 3.09. The minimum atomic E-state index is -3.03. The van der Waals surface area contributed by atoms with Gasteiger partial charge in [0.15, 0.2) is 6.10 Å². The van der Waals surface area contributed by atoms with Crippen molar-refractivity contribution in [2.45, 2.75) is 19.6 Å². The number of carbonyl (C=O) groups excluding carboxylic acids is 2.